The van der Waals surface area contributed by atoms with Crippen molar-refractivity contribution in [3.05, 3.63) is 78.4 Å². The fraction of sp³-hybridized carbons (Fsp3) is 0.304. The van der Waals surface area contributed by atoms with Crippen molar-refractivity contribution < 1.29 is 9.90 Å². The van der Waals surface area contributed by atoms with Gasteiger partial charge in [0, 0.05) is 31.0 Å². The number of carbonyl (C=O) groups is 1. The molecule has 3 aromatic rings. The van der Waals surface area contributed by atoms with E-state index in [1.807, 2.05) is 46.3 Å². The predicted octanol–water partition coefficient (Wildman–Crippen LogP) is 3.59. The zero-order chi connectivity index (χ0) is 19.3. The number of hydrogen-bond acceptors (Lipinski definition) is 3. The minimum atomic E-state index is -0.0519. The van der Waals surface area contributed by atoms with E-state index in [-0.39, 0.29) is 18.6 Å². The highest BCUT2D eigenvalue weighted by Crippen LogP contribution is 2.23. The highest BCUT2D eigenvalue weighted by atomic mass is 16.3. The molecule has 0 aliphatic carbocycles. The molecule has 1 N–H and O–H groups in total. The van der Waals surface area contributed by atoms with Gasteiger partial charge in [-0.05, 0) is 48.1 Å². The van der Waals surface area contributed by atoms with Crippen LogP contribution in [0.3, 0.4) is 0 Å². The second-order valence-electron chi connectivity index (χ2n) is 7.34. The Morgan fingerprint density at radius 2 is 1.75 bits per heavy atom. The van der Waals surface area contributed by atoms with Gasteiger partial charge in [0.15, 0.2) is 0 Å². The normalized spacial score (nSPS) is 16.9. The number of imidazole rings is 1. The molecule has 2 heterocycles. The molecule has 0 bridgehead atoms. The lowest BCUT2D eigenvalue weighted by Gasteiger charge is -2.34. The van der Waals surface area contributed by atoms with Gasteiger partial charge in [0.25, 0.3) is 5.91 Å². The molecule has 5 heteroatoms. The Morgan fingerprint density at radius 3 is 2.39 bits per heavy atom. The molecule has 1 saturated heterocycles. The van der Waals surface area contributed by atoms with E-state index >= 15 is 0 Å². The van der Waals surface area contributed by atoms with Crippen molar-refractivity contribution in [2.75, 3.05) is 13.2 Å². The number of amides is 1. The van der Waals surface area contributed by atoms with Gasteiger partial charge >= 0.3 is 0 Å². The first-order chi connectivity index (χ1) is 13.7. The Labute approximate surface area is 165 Å². The summed E-state index contributed by atoms with van der Waals surface area (Å²) in [6, 6.07) is 16.2. The summed E-state index contributed by atoms with van der Waals surface area (Å²) in [4.78, 5) is 18.7. The molecule has 5 nitrogen and oxygen atoms in total. The number of likely N-dealkylation sites (tertiary alicyclic amines) is 1. The standard InChI is InChI=1S/C23H25N3O2/c27-16-22-3-1-2-13-26(22)23(28)21-10-8-20(9-11-21)19-6-4-18(5-7-19)15-25-14-12-24-17-25/h4-12,14,17,22,27H,1-3,13,15-16H2. The molecular formula is C23H25N3O2. The number of hydrogen-bond donors (Lipinski definition) is 1. The maximum absolute atomic E-state index is 12.8. The van der Waals surface area contributed by atoms with E-state index in [1.165, 1.54) is 5.56 Å². The van der Waals surface area contributed by atoms with Crippen molar-refractivity contribution in [2.24, 2.45) is 0 Å². The third-order valence-electron chi connectivity index (χ3n) is 5.44. The molecule has 1 atom stereocenters. The molecule has 4 rings (SSSR count). The number of aromatic nitrogens is 2. The average Bonchev–Trinajstić information content (AvgIpc) is 3.27. The number of nitrogens with zero attached hydrogens (tertiary/aromatic N) is 3. The van der Waals surface area contributed by atoms with E-state index in [0.29, 0.717) is 5.56 Å². The van der Waals surface area contributed by atoms with E-state index in [9.17, 15) is 9.90 Å². The van der Waals surface area contributed by atoms with Crippen LogP contribution in [0.2, 0.25) is 0 Å². The SMILES string of the molecule is O=C(c1ccc(-c2ccc(Cn3ccnc3)cc2)cc1)N1CCCCC1CO. The van der Waals surface area contributed by atoms with E-state index in [0.717, 1.165) is 43.5 Å². The van der Waals surface area contributed by atoms with Gasteiger partial charge in [-0.2, -0.15) is 0 Å². The third-order valence-corrected chi connectivity index (χ3v) is 5.44. The Kier molecular flexibility index (Phi) is 5.53. The molecule has 0 saturated carbocycles. The van der Waals surface area contributed by atoms with E-state index < -0.39 is 0 Å². The highest BCUT2D eigenvalue weighted by Gasteiger charge is 2.26. The maximum Gasteiger partial charge on any atom is 0.254 e. The fourth-order valence-corrected chi connectivity index (χ4v) is 3.82. The summed E-state index contributed by atoms with van der Waals surface area (Å²) in [6.07, 6.45) is 8.51. The summed E-state index contributed by atoms with van der Waals surface area (Å²) in [5, 5.41) is 9.55. The van der Waals surface area contributed by atoms with Crippen molar-refractivity contribution >= 4 is 5.91 Å². The lowest BCUT2D eigenvalue weighted by molar-refractivity contribution is 0.0503. The van der Waals surface area contributed by atoms with E-state index in [1.54, 1.807) is 6.20 Å². The minimum Gasteiger partial charge on any atom is -0.394 e. The summed E-state index contributed by atoms with van der Waals surface area (Å²) in [6.45, 7) is 1.56. The van der Waals surface area contributed by atoms with Gasteiger partial charge < -0.3 is 14.6 Å². The number of benzene rings is 2. The summed E-state index contributed by atoms with van der Waals surface area (Å²) in [5.74, 6) is 0.0148. The summed E-state index contributed by atoms with van der Waals surface area (Å²) in [5.41, 5.74) is 4.11. The number of rotatable bonds is 5. The number of carbonyl (C=O) groups excluding carboxylic acids is 1. The summed E-state index contributed by atoms with van der Waals surface area (Å²) in [7, 11) is 0. The second-order valence-corrected chi connectivity index (χ2v) is 7.34. The van der Waals surface area contributed by atoms with Crippen molar-refractivity contribution in [1.29, 1.82) is 0 Å². The summed E-state index contributed by atoms with van der Waals surface area (Å²) >= 11 is 0. The minimum absolute atomic E-state index is 0.0148. The first-order valence-corrected chi connectivity index (χ1v) is 9.81. The van der Waals surface area contributed by atoms with Crippen LogP contribution in [-0.4, -0.2) is 44.7 Å². The fourth-order valence-electron chi connectivity index (χ4n) is 3.82. The molecule has 1 aromatic heterocycles. The Balaban J connectivity index is 1.46. The van der Waals surface area contributed by atoms with Gasteiger partial charge in [0.1, 0.15) is 0 Å². The highest BCUT2D eigenvalue weighted by molar-refractivity contribution is 5.95. The average molecular weight is 375 g/mol. The molecule has 1 unspecified atom stereocenters. The van der Waals surface area contributed by atoms with Crippen LogP contribution < -0.4 is 0 Å². The molecular weight excluding hydrogens is 350 g/mol. The van der Waals surface area contributed by atoms with E-state index in [2.05, 4.69) is 29.2 Å². The smallest absolute Gasteiger partial charge is 0.254 e. The molecule has 0 spiro atoms. The molecule has 28 heavy (non-hydrogen) atoms. The number of aliphatic hydroxyl groups excluding tert-OH is 1. The van der Waals surface area contributed by atoms with Gasteiger partial charge in [-0.1, -0.05) is 36.4 Å². The van der Waals surface area contributed by atoms with Crippen LogP contribution in [-0.2, 0) is 6.54 Å². The first-order valence-electron chi connectivity index (χ1n) is 9.81. The van der Waals surface area contributed by atoms with Crippen molar-refractivity contribution in [3.8, 4) is 11.1 Å². The van der Waals surface area contributed by atoms with Gasteiger partial charge in [0.2, 0.25) is 0 Å². The predicted molar refractivity (Wildman–Crippen MR) is 109 cm³/mol. The van der Waals surface area contributed by atoms with Crippen molar-refractivity contribution in [2.45, 2.75) is 31.8 Å². The zero-order valence-electron chi connectivity index (χ0n) is 15.9. The third kappa shape index (κ3) is 3.99. The van der Waals surface area contributed by atoms with Crippen LogP contribution in [0.15, 0.2) is 67.3 Å². The molecule has 1 amide bonds. The number of aliphatic hydroxyl groups is 1. The molecule has 1 aliphatic rings. The molecule has 144 valence electrons. The first kappa shape index (κ1) is 18.4. The number of piperidine rings is 1. The molecule has 0 radical (unpaired) electrons. The van der Waals surface area contributed by atoms with Crippen molar-refractivity contribution in [3.63, 3.8) is 0 Å². The van der Waals surface area contributed by atoms with Gasteiger partial charge in [-0.15, -0.1) is 0 Å². The van der Waals surface area contributed by atoms with E-state index in [4.69, 9.17) is 0 Å². The zero-order valence-corrected chi connectivity index (χ0v) is 15.9. The van der Waals surface area contributed by atoms with Gasteiger partial charge in [-0.25, -0.2) is 4.98 Å². The molecule has 2 aromatic carbocycles. The summed E-state index contributed by atoms with van der Waals surface area (Å²) < 4.78 is 2.04. The lowest BCUT2D eigenvalue weighted by Crippen LogP contribution is -2.45. The van der Waals surface area contributed by atoms with Crippen LogP contribution in [0.1, 0.15) is 35.2 Å². The van der Waals surface area contributed by atoms with Crippen molar-refractivity contribution in [1.82, 2.24) is 14.5 Å². The lowest BCUT2D eigenvalue weighted by atomic mass is 9.99. The molecule has 1 fully saturated rings. The molecule has 1 aliphatic heterocycles. The van der Waals surface area contributed by atoms with Gasteiger partial charge in [-0.3, -0.25) is 4.79 Å². The Hall–Kier alpha value is -2.92. The van der Waals surface area contributed by atoms with Crippen LogP contribution >= 0.6 is 0 Å². The topological polar surface area (TPSA) is 58.4 Å². The van der Waals surface area contributed by atoms with Crippen LogP contribution in [0.5, 0.6) is 0 Å². The Morgan fingerprint density at radius 1 is 1.04 bits per heavy atom. The van der Waals surface area contributed by atoms with Crippen LogP contribution in [0.25, 0.3) is 11.1 Å². The second kappa shape index (κ2) is 8.40. The van der Waals surface area contributed by atoms with Crippen LogP contribution in [0.4, 0.5) is 0 Å². The maximum atomic E-state index is 12.8. The largest absolute Gasteiger partial charge is 0.394 e. The monoisotopic (exact) mass is 375 g/mol. The Bertz CT molecular complexity index is 902. The van der Waals surface area contributed by atoms with Gasteiger partial charge in [0.05, 0.1) is 19.0 Å². The quantitative estimate of drug-likeness (QED) is 0.741. The van der Waals surface area contributed by atoms with Crippen LogP contribution in [0, 0.1) is 0 Å².